The van der Waals surface area contributed by atoms with E-state index in [4.69, 9.17) is 11.6 Å². The van der Waals surface area contributed by atoms with E-state index < -0.39 is 70.6 Å². The Labute approximate surface area is 486 Å². The molecule has 9 rings (SSSR count). The highest BCUT2D eigenvalue weighted by molar-refractivity contribution is 7.99. The molecular weight excluding hydrogens is 1140 g/mol. The highest BCUT2D eigenvalue weighted by atomic mass is 35.5. The lowest BCUT2D eigenvalue weighted by Gasteiger charge is -2.39. The van der Waals surface area contributed by atoms with Crippen LogP contribution in [0.2, 0.25) is 5.02 Å². The van der Waals surface area contributed by atoms with Crippen molar-refractivity contribution < 1.29 is 48.8 Å². The number of sulfone groups is 1. The average molecular weight is 1210 g/mol. The molecule has 5 aromatic rings. The highest BCUT2D eigenvalue weighted by Gasteiger charge is 2.48. The van der Waals surface area contributed by atoms with E-state index in [0.29, 0.717) is 75.6 Å². The first-order valence-corrected chi connectivity index (χ1v) is 31.7. The molecule has 0 aromatic heterocycles. The Morgan fingerprint density at radius 3 is 2.12 bits per heavy atom. The summed E-state index contributed by atoms with van der Waals surface area (Å²) >= 11 is 7.62. The van der Waals surface area contributed by atoms with E-state index in [0.717, 1.165) is 67.2 Å². The van der Waals surface area contributed by atoms with Gasteiger partial charge < -0.3 is 20.4 Å². The number of piperazine rings is 2. The van der Waals surface area contributed by atoms with Crippen molar-refractivity contribution in [2.45, 2.75) is 91.2 Å². The smallest absolute Gasteiger partial charge is 0.380 e. The molecule has 1 unspecified atom stereocenters. The lowest BCUT2D eigenvalue weighted by atomic mass is 9.73. The van der Waals surface area contributed by atoms with Crippen molar-refractivity contribution in [3.8, 4) is 0 Å². The second-order valence-corrected chi connectivity index (χ2v) is 27.2. The van der Waals surface area contributed by atoms with Gasteiger partial charge in [0.05, 0.1) is 16.3 Å². The van der Waals surface area contributed by atoms with Gasteiger partial charge in [0.25, 0.3) is 25.8 Å². The van der Waals surface area contributed by atoms with Gasteiger partial charge in [0.2, 0.25) is 11.8 Å². The minimum Gasteiger partial charge on any atom is -0.380 e. The SMILES string of the molecule is CC1(C)CCC(c2ccc(Cl)cc2)=C(CN2CCN(c3ccc(C(=O)NS(=O)(=O)c4ccc(N[C@H](CCN5CCN(Cc6ccc(NC7CCC(=O)NC7=O)c(F)c6)CC5)CSc5ccccc5)c(S(=O)(=O)C(F)(F)F)c4)cc3)CC2)C1. The quantitative estimate of drug-likeness (QED) is 0.0329. The number of sulfonamides is 1. The Bertz CT molecular complexity index is 3380. The molecule has 0 radical (unpaired) electrons. The first-order valence-electron chi connectivity index (χ1n) is 27.3. The van der Waals surface area contributed by atoms with Crippen LogP contribution in [0, 0.1) is 11.2 Å². The van der Waals surface area contributed by atoms with Gasteiger partial charge in [-0.1, -0.05) is 67.4 Å². The number of allylic oxidation sites excluding steroid dienone is 1. The van der Waals surface area contributed by atoms with Crippen LogP contribution in [0.5, 0.6) is 0 Å². The van der Waals surface area contributed by atoms with Crippen molar-refractivity contribution in [2.75, 3.05) is 86.7 Å². The molecular formula is C59H67ClF4N8O7S3. The minimum absolute atomic E-state index is 0.0302. The largest absolute Gasteiger partial charge is 0.501 e. The van der Waals surface area contributed by atoms with Gasteiger partial charge in [0, 0.05) is 111 Å². The molecule has 15 nitrogen and oxygen atoms in total. The van der Waals surface area contributed by atoms with Crippen LogP contribution in [-0.2, 0) is 36.0 Å². The molecule has 3 fully saturated rings. The van der Waals surface area contributed by atoms with E-state index in [2.05, 4.69) is 61.5 Å². The summed E-state index contributed by atoms with van der Waals surface area (Å²) in [6, 6.07) is 29.4. The first kappa shape index (κ1) is 60.6. The normalized spacial score (nSPS) is 19.2. The number of carbonyl (C=O) groups is 3. The van der Waals surface area contributed by atoms with Crippen LogP contribution in [0.4, 0.5) is 34.6 Å². The number of alkyl halides is 3. The summed E-state index contributed by atoms with van der Waals surface area (Å²) in [5.41, 5.74) is -0.373. The summed E-state index contributed by atoms with van der Waals surface area (Å²) in [4.78, 5) is 44.9. The second kappa shape index (κ2) is 25.9. The number of thioether (sulfide) groups is 1. The molecule has 0 bridgehead atoms. The average Bonchev–Trinajstić information content (AvgIpc) is 3.26. The van der Waals surface area contributed by atoms with Crippen LogP contribution < -0.4 is 25.6 Å². The molecule has 82 heavy (non-hydrogen) atoms. The first-order chi connectivity index (χ1) is 39.0. The van der Waals surface area contributed by atoms with Crippen molar-refractivity contribution >= 4 is 83.6 Å². The summed E-state index contributed by atoms with van der Waals surface area (Å²) in [7, 11) is -11.1. The van der Waals surface area contributed by atoms with Crippen LogP contribution in [0.1, 0.15) is 73.9 Å². The third-order valence-corrected chi connectivity index (χ3v) is 19.8. The van der Waals surface area contributed by atoms with Crippen LogP contribution in [-0.4, -0.2) is 138 Å². The number of benzene rings is 5. The Hall–Kier alpha value is -6.01. The molecule has 0 spiro atoms. The third kappa shape index (κ3) is 15.4. The van der Waals surface area contributed by atoms with Gasteiger partial charge in [-0.25, -0.2) is 25.9 Å². The van der Waals surface area contributed by atoms with Gasteiger partial charge in [0.1, 0.15) is 16.8 Å². The molecule has 3 aliphatic heterocycles. The molecule has 438 valence electrons. The van der Waals surface area contributed by atoms with Crippen molar-refractivity contribution in [3.05, 3.63) is 148 Å². The van der Waals surface area contributed by atoms with Gasteiger partial charge in [-0.3, -0.25) is 29.5 Å². The van der Waals surface area contributed by atoms with Gasteiger partial charge in [-0.15, -0.1) is 11.8 Å². The molecule has 2 atom stereocenters. The lowest BCUT2D eigenvalue weighted by Crippen LogP contribution is -2.47. The minimum atomic E-state index is -6.14. The molecule has 4 aliphatic rings. The molecule has 1 aliphatic carbocycles. The Morgan fingerprint density at radius 2 is 1.45 bits per heavy atom. The zero-order valence-corrected chi connectivity index (χ0v) is 48.8. The van der Waals surface area contributed by atoms with E-state index >= 15 is 4.39 Å². The third-order valence-electron chi connectivity index (χ3n) is 15.6. The van der Waals surface area contributed by atoms with Gasteiger partial charge in [0.15, 0.2) is 0 Å². The predicted molar refractivity (Wildman–Crippen MR) is 313 cm³/mol. The van der Waals surface area contributed by atoms with Crippen molar-refractivity contribution in [2.24, 2.45) is 5.41 Å². The van der Waals surface area contributed by atoms with Gasteiger partial charge in [-0.2, -0.15) is 13.2 Å². The van der Waals surface area contributed by atoms with E-state index in [9.17, 15) is 44.4 Å². The number of halogens is 5. The maximum atomic E-state index is 15.2. The van der Waals surface area contributed by atoms with Crippen molar-refractivity contribution in [1.82, 2.24) is 24.7 Å². The molecule has 23 heteroatoms. The summed E-state index contributed by atoms with van der Waals surface area (Å²) in [5.74, 6) is -2.16. The maximum Gasteiger partial charge on any atom is 0.501 e. The molecule has 3 amide bonds. The summed E-state index contributed by atoms with van der Waals surface area (Å²) < 4.78 is 115. The number of amides is 3. The van der Waals surface area contributed by atoms with Gasteiger partial charge in [-0.05, 0) is 133 Å². The Balaban J connectivity index is 0.823. The van der Waals surface area contributed by atoms with E-state index in [1.807, 2.05) is 47.2 Å². The second-order valence-electron chi connectivity index (χ2n) is 22.1. The lowest BCUT2D eigenvalue weighted by molar-refractivity contribution is -0.133. The fourth-order valence-corrected chi connectivity index (χ4v) is 14.0. The Kier molecular flexibility index (Phi) is 19.1. The van der Waals surface area contributed by atoms with Crippen LogP contribution >= 0.6 is 23.4 Å². The van der Waals surface area contributed by atoms with Crippen LogP contribution in [0.3, 0.4) is 0 Å². The summed E-state index contributed by atoms with van der Waals surface area (Å²) in [5, 5.41) is 8.85. The topological polar surface area (TPSA) is 181 Å². The monoisotopic (exact) mass is 1210 g/mol. The molecule has 5 aromatic carbocycles. The molecule has 4 N–H and O–H groups in total. The standard InChI is InChI=1S/C59H67ClF4N8O7S3/c1-58(2)24-22-49(41-9-13-44(60)14-10-41)43(36-58)38-71-30-32-72(33-31-71)46-15-11-42(12-16-46)56(74)68-82(78,79)48-17-19-52(54(35-48)81(76,77)59(62,63)64)65-45(39-80-47-6-4-3-5-7-47)23-25-69-26-28-70(29-27-69)37-40-8-18-51(50(61)34-40)66-53-20-21-55(73)67-57(53)75/h3-19,34-35,45,53,65-66H,20-33,36-39H2,1-2H3,(H,68,74)(H,67,73,75)/t45-,53?/m1/s1. The Morgan fingerprint density at radius 1 is 0.793 bits per heavy atom. The van der Waals surface area contributed by atoms with Crippen LogP contribution in [0.25, 0.3) is 5.57 Å². The van der Waals surface area contributed by atoms with E-state index in [1.165, 1.54) is 46.7 Å². The molecule has 3 heterocycles. The number of piperidine rings is 1. The van der Waals surface area contributed by atoms with E-state index in [1.54, 1.807) is 24.3 Å². The summed E-state index contributed by atoms with van der Waals surface area (Å²) in [6.45, 7) is 11.9. The number of imide groups is 1. The molecule has 0 saturated carbocycles. The number of hydrogen-bond acceptors (Lipinski definition) is 14. The number of anilines is 3. The maximum absolute atomic E-state index is 15.2. The molecule has 3 saturated heterocycles. The fraction of sp³-hybridized carbons (Fsp3) is 0.407. The van der Waals surface area contributed by atoms with Crippen molar-refractivity contribution in [3.63, 3.8) is 0 Å². The summed E-state index contributed by atoms with van der Waals surface area (Å²) in [6.07, 6.45) is 3.87. The zero-order valence-electron chi connectivity index (χ0n) is 45.6. The fourth-order valence-electron chi connectivity index (χ4n) is 10.9. The number of nitrogens with one attached hydrogen (secondary N) is 4. The predicted octanol–water partition coefficient (Wildman–Crippen LogP) is 9.68. The number of carbonyl (C=O) groups excluding carboxylic acids is 3. The van der Waals surface area contributed by atoms with Crippen molar-refractivity contribution in [1.29, 1.82) is 0 Å². The number of rotatable bonds is 20. The van der Waals surface area contributed by atoms with Gasteiger partial charge >= 0.3 is 5.51 Å². The van der Waals surface area contributed by atoms with E-state index in [-0.39, 0.29) is 35.4 Å². The zero-order chi connectivity index (χ0) is 58.4. The number of hydrogen-bond donors (Lipinski definition) is 4. The van der Waals surface area contributed by atoms with Crippen LogP contribution in [0.15, 0.2) is 136 Å². The highest BCUT2D eigenvalue weighted by Crippen LogP contribution is 2.43. The number of nitrogens with zero attached hydrogens (tertiary/aromatic N) is 4.